The summed E-state index contributed by atoms with van der Waals surface area (Å²) >= 11 is 1.60. The fourth-order valence-corrected chi connectivity index (χ4v) is 3.42. The molecule has 1 aromatic carbocycles. The number of carbonyl (C=O) groups is 1. The van der Waals surface area contributed by atoms with Gasteiger partial charge in [0.15, 0.2) is 11.5 Å². The van der Waals surface area contributed by atoms with E-state index < -0.39 is 0 Å². The zero-order valence-corrected chi connectivity index (χ0v) is 13.3. The summed E-state index contributed by atoms with van der Waals surface area (Å²) < 4.78 is 16.1. The van der Waals surface area contributed by atoms with Crippen LogP contribution in [0.15, 0.2) is 23.6 Å². The Balaban J connectivity index is 1.46. The van der Waals surface area contributed by atoms with Crippen LogP contribution in [0, 0.1) is 0 Å². The van der Waals surface area contributed by atoms with Crippen molar-refractivity contribution >= 4 is 17.4 Å². The Hall–Kier alpha value is -2.28. The first kappa shape index (κ1) is 14.3. The van der Waals surface area contributed by atoms with Crippen LogP contribution in [-0.4, -0.2) is 48.9 Å². The lowest BCUT2D eigenvalue weighted by molar-refractivity contribution is 0.159. The second kappa shape index (κ2) is 6.08. The normalized spacial score (nSPS) is 16.5. The van der Waals surface area contributed by atoms with Crippen LogP contribution in [0.1, 0.15) is 5.01 Å². The predicted octanol–water partition coefficient (Wildman–Crippen LogP) is 2.58. The first-order valence-corrected chi connectivity index (χ1v) is 8.44. The van der Waals surface area contributed by atoms with Gasteiger partial charge < -0.3 is 19.1 Å². The Morgan fingerprint density at radius 1 is 1.13 bits per heavy atom. The number of aromatic nitrogens is 1. The van der Waals surface area contributed by atoms with Gasteiger partial charge in [-0.15, -0.1) is 11.3 Å². The van der Waals surface area contributed by atoms with Gasteiger partial charge in [0.1, 0.15) is 19.8 Å². The van der Waals surface area contributed by atoms with Crippen LogP contribution in [-0.2, 0) is 11.2 Å². The van der Waals surface area contributed by atoms with Gasteiger partial charge in [0.25, 0.3) is 0 Å². The minimum atomic E-state index is -0.228. The van der Waals surface area contributed by atoms with Crippen LogP contribution in [0.4, 0.5) is 4.79 Å². The monoisotopic (exact) mass is 332 g/mol. The topological polar surface area (TPSA) is 60.9 Å². The molecule has 3 heterocycles. The quantitative estimate of drug-likeness (QED) is 0.861. The number of carbonyl (C=O) groups excluding carboxylic acids is 1. The van der Waals surface area contributed by atoms with Crippen LogP contribution in [0.3, 0.4) is 0 Å². The van der Waals surface area contributed by atoms with E-state index in [4.69, 9.17) is 14.2 Å². The molecular weight excluding hydrogens is 316 g/mol. The summed E-state index contributed by atoms with van der Waals surface area (Å²) in [5.41, 5.74) is 1.93. The van der Waals surface area contributed by atoms with Crippen LogP contribution < -0.4 is 9.47 Å². The Labute approximate surface area is 137 Å². The molecule has 23 heavy (non-hydrogen) atoms. The van der Waals surface area contributed by atoms with Crippen molar-refractivity contribution in [1.82, 2.24) is 9.88 Å². The van der Waals surface area contributed by atoms with Crippen molar-refractivity contribution in [3.8, 4) is 22.8 Å². The van der Waals surface area contributed by atoms with E-state index in [1.807, 2.05) is 23.6 Å². The molecule has 0 saturated carbocycles. The molecule has 1 fully saturated rings. The molecule has 2 aliphatic heterocycles. The molecule has 7 heteroatoms. The highest BCUT2D eigenvalue weighted by atomic mass is 32.1. The van der Waals surface area contributed by atoms with Crippen LogP contribution in [0.2, 0.25) is 0 Å². The summed E-state index contributed by atoms with van der Waals surface area (Å²) in [4.78, 5) is 17.8. The zero-order valence-electron chi connectivity index (χ0n) is 12.5. The van der Waals surface area contributed by atoms with E-state index in [0.29, 0.717) is 32.9 Å². The van der Waals surface area contributed by atoms with Gasteiger partial charge in [0.2, 0.25) is 0 Å². The van der Waals surface area contributed by atoms with Gasteiger partial charge in [-0.05, 0) is 18.2 Å². The summed E-state index contributed by atoms with van der Waals surface area (Å²) in [6, 6.07) is 5.87. The first-order valence-electron chi connectivity index (χ1n) is 7.56. The van der Waals surface area contributed by atoms with Gasteiger partial charge in [0.05, 0.1) is 17.2 Å². The van der Waals surface area contributed by atoms with E-state index in [2.05, 4.69) is 4.98 Å². The van der Waals surface area contributed by atoms with Crippen molar-refractivity contribution in [1.29, 1.82) is 0 Å². The Morgan fingerprint density at radius 3 is 2.83 bits per heavy atom. The summed E-state index contributed by atoms with van der Waals surface area (Å²) in [7, 11) is 0. The summed E-state index contributed by atoms with van der Waals surface area (Å²) in [6.45, 7) is 2.96. The third kappa shape index (κ3) is 2.96. The maximum atomic E-state index is 11.4. The van der Waals surface area contributed by atoms with E-state index in [1.165, 1.54) is 0 Å². The molecule has 0 aliphatic carbocycles. The zero-order chi connectivity index (χ0) is 15.6. The van der Waals surface area contributed by atoms with Crippen molar-refractivity contribution in [3.63, 3.8) is 0 Å². The number of benzene rings is 1. The van der Waals surface area contributed by atoms with Crippen LogP contribution in [0.5, 0.6) is 11.5 Å². The van der Waals surface area contributed by atoms with Crippen molar-refractivity contribution in [3.05, 3.63) is 28.6 Å². The highest BCUT2D eigenvalue weighted by Crippen LogP contribution is 2.34. The molecule has 1 amide bonds. The standard InChI is InChI=1S/C16H16N2O4S/c19-16-18(5-6-22-16)4-3-15-17-12(10-23-15)11-1-2-13-14(9-11)21-8-7-20-13/h1-2,9-10H,3-8H2. The summed E-state index contributed by atoms with van der Waals surface area (Å²) in [5.74, 6) is 1.55. The maximum absolute atomic E-state index is 11.4. The lowest BCUT2D eigenvalue weighted by Gasteiger charge is -2.18. The number of rotatable bonds is 4. The summed E-state index contributed by atoms with van der Waals surface area (Å²) in [5, 5.41) is 3.04. The number of cyclic esters (lactones) is 1. The molecule has 1 saturated heterocycles. The van der Waals surface area contributed by atoms with E-state index in [0.717, 1.165) is 34.2 Å². The number of amides is 1. The number of ether oxygens (including phenoxy) is 3. The molecule has 0 unspecified atom stereocenters. The van der Waals surface area contributed by atoms with E-state index in [9.17, 15) is 4.79 Å². The molecule has 0 bridgehead atoms. The second-order valence-electron chi connectivity index (χ2n) is 5.34. The molecule has 1 aromatic heterocycles. The molecule has 2 aliphatic rings. The average Bonchev–Trinajstić information content (AvgIpc) is 3.21. The van der Waals surface area contributed by atoms with Gasteiger partial charge in [-0.2, -0.15) is 0 Å². The van der Waals surface area contributed by atoms with Crippen molar-refractivity contribution < 1.29 is 19.0 Å². The van der Waals surface area contributed by atoms with E-state index in [-0.39, 0.29) is 6.09 Å². The first-order chi connectivity index (χ1) is 11.3. The number of hydrogen-bond acceptors (Lipinski definition) is 6. The van der Waals surface area contributed by atoms with Gasteiger partial charge in [-0.3, -0.25) is 0 Å². The fraction of sp³-hybridized carbons (Fsp3) is 0.375. The third-order valence-corrected chi connectivity index (χ3v) is 4.74. The molecule has 4 rings (SSSR count). The minimum Gasteiger partial charge on any atom is -0.486 e. The number of nitrogens with zero attached hydrogens (tertiary/aromatic N) is 2. The molecule has 2 aromatic rings. The Kier molecular flexibility index (Phi) is 3.78. The lowest BCUT2D eigenvalue weighted by atomic mass is 10.1. The summed E-state index contributed by atoms with van der Waals surface area (Å²) in [6.07, 6.45) is 0.512. The highest BCUT2D eigenvalue weighted by Gasteiger charge is 2.21. The Bertz CT molecular complexity index is 731. The van der Waals surface area contributed by atoms with Gasteiger partial charge in [-0.1, -0.05) is 0 Å². The lowest BCUT2D eigenvalue weighted by Crippen LogP contribution is -2.26. The average molecular weight is 332 g/mol. The predicted molar refractivity (Wildman–Crippen MR) is 85.2 cm³/mol. The number of fused-ring (bicyclic) bond motifs is 1. The third-order valence-electron chi connectivity index (χ3n) is 3.83. The second-order valence-corrected chi connectivity index (χ2v) is 6.28. The molecular formula is C16H16N2O4S. The van der Waals surface area contributed by atoms with Crippen LogP contribution in [0.25, 0.3) is 11.3 Å². The highest BCUT2D eigenvalue weighted by molar-refractivity contribution is 7.09. The number of hydrogen-bond donors (Lipinski definition) is 0. The maximum Gasteiger partial charge on any atom is 0.409 e. The van der Waals surface area contributed by atoms with E-state index in [1.54, 1.807) is 16.2 Å². The molecule has 120 valence electrons. The smallest absolute Gasteiger partial charge is 0.409 e. The van der Waals surface area contributed by atoms with Crippen molar-refractivity contribution in [2.24, 2.45) is 0 Å². The fourth-order valence-electron chi connectivity index (χ4n) is 2.62. The molecule has 6 nitrogen and oxygen atoms in total. The van der Waals surface area contributed by atoms with Crippen LogP contribution >= 0.6 is 11.3 Å². The van der Waals surface area contributed by atoms with Gasteiger partial charge >= 0.3 is 6.09 Å². The van der Waals surface area contributed by atoms with Gasteiger partial charge in [0, 0.05) is 23.9 Å². The SMILES string of the molecule is O=C1OCCN1CCc1nc(-c2ccc3c(c2)OCCO3)cs1. The molecule has 0 spiro atoms. The van der Waals surface area contributed by atoms with Crippen molar-refractivity contribution in [2.45, 2.75) is 6.42 Å². The molecule has 0 radical (unpaired) electrons. The van der Waals surface area contributed by atoms with Gasteiger partial charge in [-0.25, -0.2) is 9.78 Å². The molecule has 0 atom stereocenters. The number of thiazole rings is 1. The molecule has 0 N–H and O–H groups in total. The minimum absolute atomic E-state index is 0.228. The van der Waals surface area contributed by atoms with Crippen molar-refractivity contribution in [2.75, 3.05) is 32.9 Å². The Morgan fingerprint density at radius 2 is 2.00 bits per heavy atom. The largest absolute Gasteiger partial charge is 0.486 e. The van der Waals surface area contributed by atoms with E-state index >= 15 is 0 Å².